The highest BCUT2D eigenvalue weighted by Gasteiger charge is 2.21. The van der Waals surface area contributed by atoms with Gasteiger partial charge in [0.2, 0.25) is 0 Å². The van der Waals surface area contributed by atoms with Crippen molar-refractivity contribution in [1.82, 2.24) is 9.88 Å². The van der Waals surface area contributed by atoms with E-state index < -0.39 is 0 Å². The van der Waals surface area contributed by atoms with Gasteiger partial charge in [0.15, 0.2) is 0 Å². The highest BCUT2D eigenvalue weighted by Crippen LogP contribution is 2.20. The van der Waals surface area contributed by atoms with Gasteiger partial charge in [0, 0.05) is 43.8 Å². The van der Waals surface area contributed by atoms with Crippen molar-refractivity contribution >= 4 is 17.4 Å². The van der Waals surface area contributed by atoms with E-state index in [-0.39, 0.29) is 0 Å². The van der Waals surface area contributed by atoms with Crippen LogP contribution >= 0.6 is 11.6 Å². The lowest BCUT2D eigenvalue weighted by Crippen LogP contribution is -2.49. The molecule has 0 spiro atoms. The Kier molecular flexibility index (Phi) is 6.31. The zero-order valence-electron chi connectivity index (χ0n) is 13.6. The van der Waals surface area contributed by atoms with E-state index in [1.165, 1.54) is 17.7 Å². The van der Waals surface area contributed by atoms with E-state index >= 15 is 0 Å². The monoisotopic (exact) mass is 309 g/mol. The molecule has 0 aromatic carbocycles. The number of aromatic nitrogens is 1. The van der Waals surface area contributed by atoms with Crippen LogP contribution in [0.5, 0.6) is 0 Å². The van der Waals surface area contributed by atoms with Crippen molar-refractivity contribution in [3.05, 3.63) is 23.4 Å². The highest BCUT2D eigenvalue weighted by molar-refractivity contribution is 6.17. The molecule has 2 heterocycles. The van der Waals surface area contributed by atoms with Gasteiger partial charge < -0.3 is 4.90 Å². The third kappa shape index (κ3) is 4.33. The Morgan fingerprint density at radius 3 is 2.48 bits per heavy atom. The summed E-state index contributed by atoms with van der Waals surface area (Å²) in [6.45, 7) is 11.2. The number of rotatable bonds is 6. The third-order valence-electron chi connectivity index (χ3n) is 4.44. The van der Waals surface area contributed by atoms with Crippen molar-refractivity contribution in [1.29, 1.82) is 0 Å². The molecule has 0 saturated carbocycles. The SMILES string of the molecule is CCCc1cc(CCl)cc(N2CCN(C(C)CC)CC2)n1. The van der Waals surface area contributed by atoms with E-state index in [0.29, 0.717) is 11.9 Å². The summed E-state index contributed by atoms with van der Waals surface area (Å²) in [7, 11) is 0. The number of aryl methyl sites for hydroxylation is 1. The lowest BCUT2D eigenvalue weighted by Gasteiger charge is -2.38. The molecular formula is C17H28ClN3. The largest absolute Gasteiger partial charge is 0.354 e. The van der Waals surface area contributed by atoms with Gasteiger partial charge in [-0.05, 0) is 37.5 Å². The van der Waals surface area contributed by atoms with Gasteiger partial charge in [0.05, 0.1) is 0 Å². The molecule has 0 radical (unpaired) electrons. The smallest absolute Gasteiger partial charge is 0.129 e. The molecule has 0 N–H and O–H groups in total. The van der Waals surface area contributed by atoms with Crippen LogP contribution in [0.4, 0.5) is 5.82 Å². The molecule has 3 nitrogen and oxygen atoms in total. The molecule has 4 heteroatoms. The van der Waals surface area contributed by atoms with Crippen LogP contribution in [0.2, 0.25) is 0 Å². The summed E-state index contributed by atoms with van der Waals surface area (Å²) in [6, 6.07) is 4.99. The van der Waals surface area contributed by atoms with Gasteiger partial charge in [-0.3, -0.25) is 4.90 Å². The number of anilines is 1. The maximum atomic E-state index is 6.04. The first kappa shape index (κ1) is 16.6. The van der Waals surface area contributed by atoms with Crippen LogP contribution in [-0.4, -0.2) is 42.1 Å². The molecule has 0 aliphatic carbocycles. The van der Waals surface area contributed by atoms with Crippen molar-refractivity contribution in [3.8, 4) is 0 Å². The van der Waals surface area contributed by atoms with Crippen molar-refractivity contribution in [2.24, 2.45) is 0 Å². The average Bonchev–Trinajstić information content (AvgIpc) is 2.54. The van der Waals surface area contributed by atoms with Gasteiger partial charge in [0.25, 0.3) is 0 Å². The van der Waals surface area contributed by atoms with E-state index in [4.69, 9.17) is 16.6 Å². The van der Waals surface area contributed by atoms with Crippen molar-refractivity contribution in [2.75, 3.05) is 31.1 Å². The lowest BCUT2D eigenvalue weighted by molar-refractivity contribution is 0.192. The predicted octanol–water partition coefficient (Wildman–Crippen LogP) is 3.69. The molecule has 1 atom stereocenters. The zero-order chi connectivity index (χ0) is 15.2. The molecule has 1 aromatic heterocycles. The summed E-state index contributed by atoms with van der Waals surface area (Å²) in [5.41, 5.74) is 2.37. The molecule has 1 saturated heterocycles. The Morgan fingerprint density at radius 2 is 1.90 bits per heavy atom. The Bertz CT molecular complexity index is 442. The normalized spacial score (nSPS) is 18.0. The number of piperazine rings is 1. The first-order chi connectivity index (χ1) is 10.2. The van der Waals surface area contributed by atoms with Gasteiger partial charge in [0.1, 0.15) is 5.82 Å². The van der Waals surface area contributed by atoms with Crippen LogP contribution in [0.25, 0.3) is 0 Å². The van der Waals surface area contributed by atoms with Crippen molar-refractivity contribution in [3.63, 3.8) is 0 Å². The van der Waals surface area contributed by atoms with Crippen LogP contribution in [0.3, 0.4) is 0 Å². The molecule has 2 rings (SSSR count). The molecular weight excluding hydrogens is 282 g/mol. The van der Waals surface area contributed by atoms with Crippen LogP contribution in [0.15, 0.2) is 12.1 Å². The number of hydrogen-bond donors (Lipinski definition) is 0. The van der Waals surface area contributed by atoms with Gasteiger partial charge in [-0.25, -0.2) is 4.98 Å². The molecule has 0 amide bonds. The summed E-state index contributed by atoms with van der Waals surface area (Å²) < 4.78 is 0. The molecule has 1 fully saturated rings. The first-order valence-electron chi connectivity index (χ1n) is 8.22. The maximum absolute atomic E-state index is 6.04. The second-order valence-electron chi connectivity index (χ2n) is 5.99. The molecule has 1 unspecified atom stereocenters. The highest BCUT2D eigenvalue weighted by atomic mass is 35.5. The molecule has 21 heavy (non-hydrogen) atoms. The number of nitrogens with zero attached hydrogens (tertiary/aromatic N) is 3. The fourth-order valence-electron chi connectivity index (χ4n) is 2.91. The standard InChI is InChI=1S/C17H28ClN3/c1-4-6-16-11-15(13-18)12-17(19-16)21-9-7-20(8-10-21)14(3)5-2/h11-12,14H,4-10,13H2,1-3H3. The van der Waals surface area contributed by atoms with Gasteiger partial charge >= 0.3 is 0 Å². The summed E-state index contributed by atoms with van der Waals surface area (Å²) in [6.07, 6.45) is 3.38. The molecule has 1 aromatic rings. The number of pyridine rings is 1. The third-order valence-corrected chi connectivity index (χ3v) is 4.75. The van der Waals surface area contributed by atoms with Gasteiger partial charge in [-0.15, -0.1) is 11.6 Å². The van der Waals surface area contributed by atoms with Crippen molar-refractivity contribution in [2.45, 2.75) is 52.0 Å². The number of alkyl halides is 1. The molecule has 1 aliphatic heterocycles. The van der Waals surface area contributed by atoms with Crippen LogP contribution in [0.1, 0.15) is 44.9 Å². The number of halogens is 1. The predicted molar refractivity (Wildman–Crippen MR) is 91.3 cm³/mol. The zero-order valence-corrected chi connectivity index (χ0v) is 14.4. The second-order valence-corrected chi connectivity index (χ2v) is 6.26. The summed E-state index contributed by atoms with van der Waals surface area (Å²) in [5.74, 6) is 1.68. The maximum Gasteiger partial charge on any atom is 0.129 e. The number of hydrogen-bond acceptors (Lipinski definition) is 3. The van der Waals surface area contributed by atoms with Gasteiger partial charge in [-0.1, -0.05) is 20.3 Å². The molecule has 118 valence electrons. The van der Waals surface area contributed by atoms with E-state index in [0.717, 1.165) is 44.8 Å². The van der Waals surface area contributed by atoms with Crippen LogP contribution < -0.4 is 4.90 Å². The minimum atomic E-state index is 0.569. The summed E-state index contributed by atoms with van der Waals surface area (Å²) >= 11 is 6.04. The lowest BCUT2D eigenvalue weighted by atomic mass is 10.1. The molecule has 0 bridgehead atoms. The topological polar surface area (TPSA) is 19.4 Å². The van der Waals surface area contributed by atoms with E-state index in [1.807, 2.05) is 0 Å². The van der Waals surface area contributed by atoms with E-state index in [2.05, 4.69) is 42.7 Å². The minimum Gasteiger partial charge on any atom is -0.354 e. The Balaban J connectivity index is 2.07. The Hall–Kier alpha value is -0.800. The fourth-order valence-corrected chi connectivity index (χ4v) is 3.06. The molecule has 1 aliphatic rings. The van der Waals surface area contributed by atoms with Gasteiger partial charge in [-0.2, -0.15) is 0 Å². The first-order valence-corrected chi connectivity index (χ1v) is 8.76. The Morgan fingerprint density at radius 1 is 1.19 bits per heavy atom. The van der Waals surface area contributed by atoms with Crippen LogP contribution in [0, 0.1) is 0 Å². The van der Waals surface area contributed by atoms with E-state index in [9.17, 15) is 0 Å². The quantitative estimate of drug-likeness (QED) is 0.747. The average molecular weight is 310 g/mol. The Labute approximate surface area is 134 Å². The summed E-state index contributed by atoms with van der Waals surface area (Å²) in [4.78, 5) is 9.82. The summed E-state index contributed by atoms with van der Waals surface area (Å²) in [5, 5.41) is 0. The minimum absolute atomic E-state index is 0.569. The second kappa shape index (κ2) is 8.00. The van der Waals surface area contributed by atoms with Crippen molar-refractivity contribution < 1.29 is 0 Å². The fraction of sp³-hybridized carbons (Fsp3) is 0.706. The van der Waals surface area contributed by atoms with Crippen LogP contribution in [-0.2, 0) is 12.3 Å². The van der Waals surface area contributed by atoms with E-state index in [1.54, 1.807) is 0 Å².